The van der Waals surface area contributed by atoms with Crippen molar-refractivity contribution in [2.45, 2.75) is 58.3 Å². The Morgan fingerprint density at radius 2 is 2.08 bits per heavy atom. The predicted molar refractivity (Wildman–Crippen MR) is 99.3 cm³/mol. The first-order valence-corrected chi connectivity index (χ1v) is 9.26. The van der Waals surface area contributed by atoms with Gasteiger partial charge in [0.05, 0.1) is 10.6 Å². The molecule has 1 aromatic carbocycles. The highest BCUT2D eigenvalue weighted by Crippen LogP contribution is 2.30. The minimum atomic E-state index is -0.960. The summed E-state index contributed by atoms with van der Waals surface area (Å²) in [6.07, 6.45) is -0.296. The lowest BCUT2D eigenvalue weighted by atomic mass is 10.1. The van der Waals surface area contributed by atoms with E-state index in [1.165, 1.54) is 24.0 Å². The van der Waals surface area contributed by atoms with Crippen LogP contribution in [0.3, 0.4) is 0 Å². The van der Waals surface area contributed by atoms with Crippen LogP contribution in [0.15, 0.2) is 16.6 Å². The summed E-state index contributed by atoms with van der Waals surface area (Å²) in [6, 6.07) is 1.91. The molecule has 1 aliphatic heterocycles. The molecule has 0 radical (unpaired) electrons. The molecule has 0 aliphatic carbocycles. The molecule has 8 heteroatoms. The number of anilines is 1. The van der Waals surface area contributed by atoms with E-state index in [0.29, 0.717) is 25.1 Å². The van der Waals surface area contributed by atoms with Crippen molar-refractivity contribution in [3.8, 4) is 0 Å². The molecule has 26 heavy (non-hydrogen) atoms. The number of amides is 2. The number of carbonyl (C=O) groups excluding carboxylic acids is 2. The summed E-state index contributed by atoms with van der Waals surface area (Å²) in [4.78, 5) is 26.4. The van der Waals surface area contributed by atoms with Crippen LogP contribution in [-0.4, -0.2) is 40.2 Å². The number of hydrogen-bond acceptors (Lipinski definition) is 4. The van der Waals surface area contributed by atoms with Crippen LogP contribution in [0, 0.1) is 5.82 Å². The smallest absolute Gasteiger partial charge is 0.410 e. The molecule has 0 aromatic heterocycles. The minimum absolute atomic E-state index is 0.174. The molecule has 2 unspecified atom stereocenters. The average Bonchev–Trinajstić information content (AvgIpc) is 2.98. The molecule has 2 amide bonds. The Hall–Kier alpha value is -1.67. The van der Waals surface area contributed by atoms with E-state index in [-0.39, 0.29) is 10.0 Å². The Kier molecular flexibility index (Phi) is 6.29. The number of rotatable bonds is 3. The van der Waals surface area contributed by atoms with Crippen LogP contribution >= 0.6 is 15.9 Å². The van der Waals surface area contributed by atoms with Gasteiger partial charge in [-0.1, -0.05) is 0 Å². The zero-order chi connectivity index (χ0) is 19.6. The van der Waals surface area contributed by atoms with E-state index in [1.807, 2.05) is 0 Å². The number of benzene rings is 1. The topological polar surface area (TPSA) is 78.9 Å². The molecule has 1 aromatic rings. The molecule has 2 atom stereocenters. The molecule has 1 saturated heterocycles. The maximum absolute atomic E-state index is 13.7. The highest BCUT2D eigenvalue weighted by atomic mass is 79.9. The van der Waals surface area contributed by atoms with Crippen molar-refractivity contribution in [1.29, 1.82) is 0 Å². The zero-order valence-corrected chi connectivity index (χ0v) is 16.9. The molecule has 0 spiro atoms. The molecule has 0 saturated carbocycles. The third kappa shape index (κ3) is 4.94. The van der Waals surface area contributed by atoms with Crippen molar-refractivity contribution in [2.75, 3.05) is 11.9 Å². The van der Waals surface area contributed by atoms with E-state index in [4.69, 9.17) is 4.74 Å². The van der Waals surface area contributed by atoms with Gasteiger partial charge in [0.25, 0.3) is 0 Å². The van der Waals surface area contributed by atoms with Crippen molar-refractivity contribution in [3.63, 3.8) is 0 Å². The highest BCUT2D eigenvalue weighted by molar-refractivity contribution is 9.10. The molecular formula is C18H24BrFN2O4. The standard InChI is InChI=1S/C18H24BrFN2O4/c1-10(23)11-8-13(20)12(19)9-14(11)21-16(24)15-6-5-7-22(15)17(25)26-18(2,3)4/h8-10,15,23H,5-7H2,1-4H3,(H,21,24). The van der Waals surface area contributed by atoms with E-state index in [2.05, 4.69) is 21.2 Å². The molecule has 6 nitrogen and oxygen atoms in total. The van der Waals surface area contributed by atoms with Gasteiger partial charge in [0.1, 0.15) is 17.5 Å². The van der Waals surface area contributed by atoms with Crippen LogP contribution < -0.4 is 5.32 Å². The van der Waals surface area contributed by atoms with Crippen molar-refractivity contribution >= 4 is 33.6 Å². The molecular weight excluding hydrogens is 407 g/mol. The fourth-order valence-electron chi connectivity index (χ4n) is 2.81. The van der Waals surface area contributed by atoms with Gasteiger partial charge in [-0.3, -0.25) is 9.69 Å². The lowest BCUT2D eigenvalue weighted by Gasteiger charge is -2.28. The normalized spacial score (nSPS) is 18.6. The highest BCUT2D eigenvalue weighted by Gasteiger charge is 2.37. The molecule has 2 rings (SSSR count). The number of nitrogens with zero attached hydrogens (tertiary/aromatic N) is 1. The van der Waals surface area contributed by atoms with Crippen molar-refractivity contribution in [2.24, 2.45) is 0 Å². The second-order valence-corrected chi connectivity index (χ2v) is 8.20. The van der Waals surface area contributed by atoms with Crippen LogP contribution in [0.4, 0.5) is 14.9 Å². The maximum atomic E-state index is 13.7. The summed E-state index contributed by atoms with van der Waals surface area (Å²) < 4.78 is 19.3. The van der Waals surface area contributed by atoms with E-state index in [0.717, 1.165) is 0 Å². The average molecular weight is 431 g/mol. The SMILES string of the molecule is CC(O)c1cc(F)c(Br)cc1NC(=O)C1CCCN1C(=O)OC(C)(C)C. The molecule has 1 aliphatic rings. The van der Waals surface area contributed by atoms with Gasteiger partial charge in [-0.05, 0) is 68.6 Å². The third-order valence-electron chi connectivity index (χ3n) is 3.98. The van der Waals surface area contributed by atoms with Crippen LogP contribution in [-0.2, 0) is 9.53 Å². The summed E-state index contributed by atoms with van der Waals surface area (Å²) in [5.41, 5.74) is -0.0858. The van der Waals surface area contributed by atoms with E-state index in [1.54, 1.807) is 20.8 Å². The first kappa shape index (κ1) is 20.6. The zero-order valence-electron chi connectivity index (χ0n) is 15.3. The van der Waals surface area contributed by atoms with Crippen LogP contribution in [0.5, 0.6) is 0 Å². The molecule has 0 bridgehead atoms. The number of aliphatic hydroxyl groups excluding tert-OH is 1. The largest absolute Gasteiger partial charge is 0.444 e. The quantitative estimate of drug-likeness (QED) is 0.759. The van der Waals surface area contributed by atoms with Gasteiger partial charge in [-0.15, -0.1) is 0 Å². The third-order valence-corrected chi connectivity index (χ3v) is 4.59. The summed E-state index contributed by atoms with van der Waals surface area (Å²) in [5, 5.41) is 12.6. The number of likely N-dealkylation sites (tertiary alicyclic amines) is 1. The first-order chi connectivity index (χ1) is 12.0. The monoisotopic (exact) mass is 430 g/mol. The fourth-order valence-corrected chi connectivity index (χ4v) is 3.15. The van der Waals surface area contributed by atoms with Crippen LogP contribution in [0.25, 0.3) is 0 Å². The lowest BCUT2D eigenvalue weighted by molar-refractivity contribution is -0.120. The Bertz CT molecular complexity index is 703. The van der Waals surface area contributed by atoms with Gasteiger partial charge < -0.3 is 15.2 Å². The molecule has 144 valence electrons. The number of carbonyl (C=O) groups is 2. The number of halogens is 2. The van der Waals surface area contributed by atoms with Gasteiger partial charge in [-0.25, -0.2) is 9.18 Å². The Morgan fingerprint density at radius 3 is 2.65 bits per heavy atom. The van der Waals surface area contributed by atoms with Crippen molar-refractivity contribution in [1.82, 2.24) is 4.90 Å². The summed E-state index contributed by atoms with van der Waals surface area (Å²) in [5.74, 6) is -0.927. The minimum Gasteiger partial charge on any atom is -0.444 e. The Balaban J connectivity index is 2.19. The number of nitrogens with one attached hydrogen (secondary N) is 1. The van der Waals surface area contributed by atoms with Gasteiger partial charge in [0.15, 0.2) is 0 Å². The summed E-state index contributed by atoms with van der Waals surface area (Å²) in [6.45, 7) is 7.22. The number of ether oxygens (including phenoxy) is 1. The van der Waals surface area contributed by atoms with Crippen molar-refractivity contribution < 1.29 is 23.8 Å². The maximum Gasteiger partial charge on any atom is 0.410 e. The Labute approximate surface area is 160 Å². The van der Waals surface area contributed by atoms with Gasteiger partial charge >= 0.3 is 6.09 Å². The lowest BCUT2D eigenvalue weighted by Crippen LogP contribution is -2.45. The van der Waals surface area contributed by atoms with Crippen LogP contribution in [0.2, 0.25) is 0 Å². The molecule has 1 fully saturated rings. The Morgan fingerprint density at radius 1 is 1.42 bits per heavy atom. The van der Waals surface area contributed by atoms with Gasteiger partial charge in [0, 0.05) is 17.8 Å². The summed E-state index contributed by atoms with van der Waals surface area (Å²) >= 11 is 3.08. The number of hydrogen-bond donors (Lipinski definition) is 2. The van der Waals surface area contributed by atoms with Crippen LogP contribution in [0.1, 0.15) is 52.2 Å². The van der Waals surface area contributed by atoms with Gasteiger partial charge in [0.2, 0.25) is 5.91 Å². The van der Waals surface area contributed by atoms with Crippen molar-refractivity contribution in [3.05, 3.63) is 28.0 Å². The fraction of sp³-hybridized carbons (Fsp3) is 0.556. The summed E-state index contributed by atoms with van der Waals surface area (Å²) in [7, 11) is 0. The van der Waals surface area contributed by atoms with E-state index >= 15 is 0 Å². The molecule has 1 heterocycles. The second-order valence-electron chi connectivity index (χ2n) is 7.35. The van der Waals surface area contributed by atoms with E-state index in [9.17, 15) is 19.1 Å². The molecule has 2 N–H and O–H groups in total. The number of aliphatic hydroxyl groups is 1. The predicted octanol–water partition coefficient (Wildman–Crippen LogP) is 3.98. The van der Waals surface area contributed by atoms with E-state index < -0.39 is 35.6 Å². The van der Waals surface area contributed by atoms with Gasteiger partial charge in [-0.2, -0.15) is 0 Å². The second kappa shape index (κ2) is 7.92. The first-order valence-electron chi connectivity index (χ1n) is 8.47.